The summed E-state index contributed by atoms with van der Waals surface area (Å²) >= 11 is 0. The van der Waals surface area contributed by atoms with Crippen LogP contribution in [0.2, 0.25) is 0 Å². The summed E-state index contributed by atoms with van der Waals surface area (Å²) in [6.45, 7) is 6.74. The van der Waals surface area contributed by atoms with Gasteiger partial charge in [0.2, 0.25) is 0 Å². The lowest BCUT2D eigenvalue weighted by molar-refractivity contribution is 0.138. The first kappa shape index (κ1) is 14.4. The summed E-state index contributed by atoms with van der Waals surface area (Å²) in [5.41, 5.74) is 2.58. The molecule has 1 aromatic carbocycles. The van der Waals surface area contributed by atoms with Crippen molar-refractivity contribution >= 4 is 5.69 Å². The predicted octanol–water partition coefficient (Wildman–Crippen LogP) is 2.43. The molecule has 3 heteroatoms. The second-order valence-corrected chi connectivity index (χ2v) is 5.78. The van der Waals surface area contributed by atoms with Gasteiger partial charge in [-0.3, -0.25) is 0 Å². The van der Waals surface area contributed by atoms with Crippen molar-refractivity contribution in [1.29, 1.82) is 0 Å². The third kappa shape index (κ3) is 4.22. The van der Waals surface area contributed by atoms with Crippen LogP contribution in [-0.4, -0.2) is 56.1 Å². The van der Waals surface area contributed by atoms with Gasteiger partial charge in [-0.1, -0.05) is 18.2 Å². The van der Waals surface area contributed by atoms with Crippen LogP contribution in [0.5, 0.6) is 0 Å². The Morgan fingerprint density at radius 3 is 2.89 bits per heavy atom. The molecule has 1 unspecified atom stereocenters. The average molecular weight is 261 g/mol. The van der Waals surface area contributed by atoms with Gasteiger partial charge >= 0.3 is 0 Å². The summed E-state index contributed by atoms with van der Waals surface area (Å²) in [6.07, 6.45) is 2.67. The Labute approximate surface area is 117 Å². The molecule has 0 radical (unpaired) electrons. The number of anilines is 1. The summed E-state index contributed by atoms with van der Waals surface area (Å²) < 4.78 is 0. The normalized spacial score (nSPS) is 20.7. The molecule has 0 bridgehead atoms. The fourth-order valence-corrected chi connectivity index (χ4v) is 2.82. The molecule has 0 aromatic heterocycles. The van der Waals surface area contributed by atoms with Crippen molar-refractivity contribution in [2.45, 2.75) is 25.8 Å². The summed E-state index contributed by atoms with van der Waals surface area (Å²) in [6, 6.07) is 9.21. The third-order valence-corrected chi connectivity index (χ3v) is 4.15. The van der Waals surface area contributed by atoms with E-state index in [-0.39, 0.29) is 0 Å². The van der Waals surface area contributed by atoms with Gasteiger partial charge in [-0.05, 0) is 52.0 Å². The fourth-order valence-electron chi connectivity index (χ4n) is 2.82. The standard InChI is InChI=1S/C16H27N3/c1-14-7-4-5-9-16(14)17-10-12-19(3)15-8-6-11-18(2)13-15/h4-5,7,9,15,17H,6,8,10-13H2,1-3H3. The molecule has 1 fully saturated rings. The molecule has 1 aliphatic heterocycles. The van der Waals surface area contributed by atoms with E-state index in [1.54, 1.807) is 0 Å². The maximum atomic E-state index is 3.54. The first-order valence-corrected chi connectivity index (χ1v) is 7.35. The number of hydrogen-bond acceptors (Lipinski definition) is 3. The first-order chi connectivity index (χ1) is 9.16. The summed E-state index contributed by atoms with van der Waals surface area (Å²) in [5, 5.41) is 3.54. The zero-order valence-corrected chi connectivity index (χ0v) is 12.5. The summed E-state index contributed by atoms with van der Waals surface area (Å²) in [7, 11) is 4.48. The van der Waals surface area contributed by atoms with Gasteiger partial charge in [0.1, 0.15) is 0 Å². The van der Waals surface area contributed by atoms with E-state index in [4.69, 9.17) is 0 Å². The van der Waals surface area contributed by atoms with Gasteiger partial charge in [0.05, 0.1) is 0 Å². The fraction of sp³-hybridized carbons (Fsp3) is 0.625. The van der Waals surface area contributed by atoms with Gasteiger partial charge in [-0.15, -0.1) is 0 Å². The Bertz CT molecular complexity index is 391. The second kappa shape index (κ2) is 6.92. The number of likely N-dealkylation sites (N-methyl/N-ethyl adjacent to an activating group) is 2. The minimum Gasteiger partial charge on any atom is -0.384 e. The Morgan fingerprint density at radius 1 is 1.37 bits per heavy atom. The van der Waals surface area contributed by atoms with E-state index in [9.17, 15) is 0 Å². The molecule has 19 heavy (non-hydrogen) atoms. The number of aryl methyl sites for hydroxylation is 1. The van der Waals surface area contributed by atoms with E-state index >= 15 is 0 Å². The van der Waals surface area contributed by atoms with Gasteiger partial charge in [-0.25, -0.2) is 0 Å². The first-order valence-electron chi connectivity index (χ1n) is 7.35. The quantitative estimate of drug-likeness (QED) is 0.878. The zero-order chi connectivity index (χ0) is 13.7. The largest absolute Gasteiger partial charge is 0.384 e. The van der Waals surface area contributed by atoms with E-state index in [1.165, 1.54) is 37.2 Å². The van der Waals surface area contributed by atoms with Crippen LogP contribution in [0.4, 0.5) is 5.69 Å². The van der Waals surface area contributed by atoms with Crippen LogP contribution >= 0.6 is 0 Å². The second-order valence-electron chi connectivity index (χ2n) is 5.78. The number of likely N-dealkylation sites (tertiary alicyclic amines) is 1. The molecule has 0 amide bonds. The van der Waals surface area contributed by atoms with Crippen LogP contribution in [0.15, 0.2) is 24.3 Å². The van der Waals surface area contributed by atoms with Crippen molar-refractivity contribution in [3.8, 4) is 0 Å². The monoisotopic (exact) mass is 261 g/mol. The van der Waals surface area contributed by atoms with Crippen molar-refractivity contribution in [1.82, 2.24) is 9.80 Å². The molecule has 1 saturated heterocycles. The van der Waals surface area contributed by atoms with E-state index < -0.39 is 0 Å². The molecule has 106 valence electrons. The maximum Gasteiger partial charge on any atom is 0.0370 e. The van der Waals surface area contributed by atoms with Crippen molar-refractivity contribution in [2.24, 2.45) is 0 Å². The lowest BCUT2D eigenvalue weighted by Crippen LogP contribution is -2.46. The highest BCUT2D eigenvalue weighted by Crippen LogP contribution is 2.14. The van der Waals surface area contributed by atoms with Gasteiger partial charge < -0.3 is 15.1 Å². The predicted molar refractivity (Wildman–Crippen MR) is 82.8 cm³/mol. The smallest absolute Gasteiger partial charge is 0.0370 e. The van der Waals surface area contributed by atoms with Crippen LogP contribution in [0.3, 0.4) is 0 Å². The highest BCUT2D eigenvalue weighted by molar-refractivity contribution is 5.50. The molecule has 1 aromatic rings. The van der Waals surface area contributed by atoms with Crippen LogP contribution in [0.25, 0.3) is 0 Å². The Balaban J connectivity index is 1.74. The molecule has 3 nitrogen and oxygen atoms in total. The van der Waals surface area contributed by atoms with Crippen molar-refractivity contribution < 1.29 is 0 Å². The molecule has 2 rings (SSSR count). The number of rotatable bonds is 5. The van der Waals surface area contributed by atoms with Crippen LogP contribution < -0.4 is 5.32 Å². The Kier molecular flexibility index (Phi) is 5.23. The molecule has 0 aliphatic carbocycles. The van der Waals surface area contributed by atoms with Gasteiger partial charge in [0, 0.05) is 31.4 Å². The molecular formula is C16H27N3. The SMILES string of the molecule is Cc1ccccc1NCCN(C)C1CCCN(C)C1. The topological polar surface area (TPSA) is 18.5 Å². The minimum absolute atomic E-state index is 0.720. The number of nitrogens with zero attached hydrogens (tertiary/aromatic N) is 2. The van der Waals surface area contributed by atoms with E-state index in [0.29, 0.717) is 0 Å². The molecule has 1 atom stereocenters. The molecule has 0 saturated carbocycles. The van der Waals surface area contributed by atoms with Crippen molar-refractivity contribution in [3.63, 3.8) is 0 Å². The maximum absolute atomic E-state index is 3.54. The highest BCUT2D eigenvalue weighted by atomic mass is 15.2. The van der Waals surface area contributed by atoms with E-state index in [1.807, 2.05) is 0 Å². The van der Waals surface area contributed by atoms with Crippen LogP contribution in [0, 0.1) is 6.92 Å². The molecule has 1 aliphatic rings. The van der Waals surface area contributed by atoms with Crippen molar-refractivity contribution in [2.75, 3.05) is 45.6 Å². The van der Waals surface area contributed by atoms with Gasteiger partial charge in [0.25, 0.3) is 0 Å². The lowest BCUT2D eigenvalue weighted by atomic mass is 10.1. The van der Waals surface area contributed by atoms with Crippen LogP contribution in [-0.2, 0) is 0 Å². The Morgan fingerprint density at radius 2 is 2.16 bits per heavy atom. The van der Waals surface area contributed by atoms with Crippen LogP contribution in [0.1, 0.15) is 18.4 Å². The summed E-state index contributed by atoms with van der Waals surface area (Å²) in [5.74, 6) is 0. The minimum atomic E-state index is 0.720. The summed E-state index contributed by atoms with van der Waals surface area (Å²) in [4.78, 5) is 4.94. The van der Waals surface area contributed by atoms with Gasteiger partial charge in [-0.2, -0.15) is 0 Å². The van der Waals surface area contributed by atoms with E-state index in [0.717, 1.165) is 19.1 Å². The molecule has 0 spiro atoms. The average Bonchev–Trinajstić information content (AvgIpc) is 2.41. The van der Waals surface area contributed by atoms with Crippen molar-refractivity contribution in [3.05, 3.63) is 29.8 Å². The molecule has 1 heterocycles. The number of benzene rings is 1. The lowest BCUT2D eigenvalue weighted by Gasteiger charge is -2.36. The third-order valence-electron chi connectivity index (χ3n) is 4.15. The zero-order valence-electron chi connectivity index (χ0n) is 12.5. The molecular weight excluding hydrogens is 234 g/mol. The van der Waals surface area contributed by atoms with E-state index in [2.05, 4.69) is 60.4 Å². The number of hydrogen-bond donors (Lipinski definition) is 1. The highest BCUT2D eigenvalue weighted by Gasteiger charge is 2.20. The number of piperidine rings is 1. The number of nitrogens with one attached hydrogen (secondary N) is 1. The Hall–Kier alpha value is -1.06. The molecule has 1 N–H and O–H groups in total. The number of para-hydroxylation sites is 1. The van der Waals surface area contributed by atoms with Gasteiger partial charge in [0.15, 0.2) is 0 Å².